The van der Waals surface area contributed by atoms with Gasteiger partial charge in [-0.3, -0.25) is 0 Å². The molecule has 49 heavy (non-hydrogen) atoms. The molecule has 0 aliphatic heterocycles. The van der Waals surface area contributed by atoms with Gasteiger partial charge in [-0.1, -0.05) is 169 Å². The van der Waals surface area contributed by atoms with Crippen LogP contribution in [0, 0.1) is 23.7 Å². The van der Waals surface area contributed by atoms with Crippen molar-refractivity contribution in [2.45, 2.75) is 137 Å². The van der Waals surface area contributed by atoms with E-state index in [0.717, 1.165) is 38.5 Å². The van der Waals surface area contributed by atoms with E-state index >= 15 is 0 Å². The van der Waals surface area contributed by atoms with E-state index in [2.05, 4.69) is 50.5 Å². The van der Waals surface area contributed by atoms with Crippen LogP contribution in [0.2, 0.25) is 0 Å². The Morgan fingerprint density at radius 2 is 0.898 bits per heavy atom. The second kappa shape index (κ2) is 42.4. The number of aliphatic hydroxyl groups is 4. The van der Waals surface area contributed by atoms with Crippen LogP contribution in [0.25, 0.3) is 0 Å². The summed E-state index contributed by atoms with van der Waals surface area (Å²) in [5.41, 5.74) is 0. The van der Waals surface area contributed by atoms with Crippen LogP contribution in [-0.4, -0.2) is 44.8 Å². The molecule has 4 nitrogen and oxygen atoms in total. The molecule has 0 amide bonds. The third-order valence-corrected chi connectivity index (χ3v) is 5.93. The number of allylic oxidation sites excluding steroid dienone is 12. The molecule has 0 aliphatic carbocycles. The number of hydrogen-bond donors (Lipinski definition) is 4. The minimum Gasteiger partial charge on any atom is -0.389 e. The predicted octanol–water partition coefficient (Wildman–Crippen LogP) is 10.4. The molecule has 0 saturated heterocycles. The molecule has 4 N–H and O–H groups in total. The number of unbranched alkanes of at least 4 members (excludes halogenated alkanes) is 2. The summed E-state index contributed by atoms with van der Waals surface area (Å²) in [6.07, 6.45) is 34.2. The number of rotatable bonds is 22. The summed E-state index contributed by atoms with van der Waals surface area (Å²) < 4.78 is 31.5. The molecule has 0 bridgehead atoms. The Kier molecular flexibility index (Phi) is 35.9. The summed E-state index contributed by atoms with van der Waals surface area (Å²) in [6, 6.07) is -0.387. The minimum atomic E-state index is -0.718. The molecule has 0 radical (unpaired) electrons. The van der Waals surface area contributed by atoms with Crippen LogP contribution in [0.3, 0.4) is 0 Å². The maximum absolute atomic E-state index is 9.83. The van der Waals surface area contributed by atoms with Crippen LogP contribution in [-0.2, 0) is 0 Å². The number of hydrogen-bond acceptors (Lipinski definition) is 4. The predicted molar refractivity (Wildman–Crippen MR) is 216 cm³/mol. The van der Waals surface area contributed by atoms with E-state index in [1.165, 1.54) is 24.3 Å². The van der Waals surface area contributed by atoms with E-state index in [9.17, 15) is 20.4 Å². The summed E-state index contributed by atoms with van der Waals surface area (Å²) in [7, 11) is 0. The van der Waals surface area contributed by atoms with Gasteiger partial charge in [0.2, 0.25) is 0 Å². The van der Waals surface area contributed by atoms with E-state index < -0.39 is 24.4 Å². The lowest BCUT2D eigenvalue weighted by Crippen LogP contribution is -1.98. The highest BCUT2D eigenvalue weighted by atomic mass is 16.3. The first-order chi connectivity index (χ1) is 25.0. The molecule has 0 fully saturated rings. The fraction of sp³-hybridized carbons (Fsp3) is 0.467. The van der Waals surface area contributed by atoms with Crippen molar-refractivity contribution in [1.82, 2.24) is 0 Å². The van der Waals surface area contributed by atoms with Crippen LogP contribution >= 0.6 is 0 Å². The zero-order valence-corrected chi connectivity index (χ0v) is 29.8. The summed E-state index contributed by atoms with van der Waals surface area (Å²) in [6.45, 7) is 8.27. The topological polar surface area (TPSA) is 80.9 Å². The maximum atomic E-state index is 9.83. The third kappa shape index (κ3) is 44.4. The molecule has 4 heteroatoms. The van der Waals surface area contributed by atoms with Crippen molar-refractivity contribution in [1.29, 1.82) is 0 Å². The second-order valence-corrected chi connectivity index (χ2v) is 10.6. The van der Waals surface area contributed by atoms with Gasteiger partial charge in [-0.2, -0.15) is 0 Å². The lowest BCUT2D eigenvalue weighted by molar-refractivity contribution is 0.226. The summed E-state index contributed by atoms with van der Waals surface area (Å²) in [4.78, 5) is 0. The first-order valence-corrected chi connectivity index (χ1v) is 17.3. The van der Waals surface area contributed by atoms with E-state index in [1.807, 2.05) is 49.5 Å². The van der Waals surface area contributed by atoms with Gasteiger partial charge in [-0.05, 0) is 82.1 Å². The zero-order valence-electron chi connectivity index (χ0n) is 33.8. The van der Waals surface area contributed by atoms with E-state index in [-0.39, 0.29) is 38.1 Å². The average Bonchev–Trinajstić information content (AvgIpc) is 3.12. The Morgan fingerprint density at radius 3 is 1.27 bits per heavy atom. The Labute approximate surface area is 307 Å². The molecule has 0 aromatic rings. The van der Waals surface area contributed by atoms with E-state index in [0.29, 0.717) is 32.1 Å². The largest absolute Gasteiger partial charge is 0.389 e. The van der Waals surface area contributed by atoms with Crippen molar-refractivity contribution < 1.29 is 25.9 Å². The van der Waals surface area contributed by atoms with Crippen molar-refractivity contribution in [2.75, 3.05) is 0 Å². The number of aliphatic hydroxyl groups excluding tert-OH is 4. The van der Waals surface area contributed by atoms with Gasteiger partial charge in [-0.25, -0.2) is 0 Å². The molecule has 272 valence electrons. The fourth-order valence-electron chi connectivity index (χ4n) is 3.32. The molecular formula is C45H68O4. The molecule has 0 saturated carbocycles. The Bertz CT molecular complexity index is 1360. The van der Waals surface area contributed by atoms with Gasteiger partial charge >= 0.3 is 0 Å². The van der Waals surface area contributed by atoms with Crippen molar-refractivity contribution in [3.05, 3.63) is 121 Å². The minimum absolute atomic E-state index is 0. The highest BCUT2D eigenvalue weighted by molar-refractivity contribution is 5.24. The molecular weight excluding hydrogens is 604 g/mol. The van der Waals surface area contributed by atoms with Gasteiger partial charge in [-0.15, -0.1) is 0 Å². The van der Waals surface area contributed by atoms with Crippen LogP contribution in [0.4, 0.5) is 0 Å². The average molecular weight is 677 g/mol. The lowest BCUT2D eigenvalue weighted by Gasteiger charge is -1.98. The SMILES string of the molecule is C.CC/C=C\C[C@H](O)/C=C/C#CCC#C/C=C/[C@@H](O)C/C=C\CCC.[2H]C(/C=C/[C@@H](O)C/C=C\CC)=C(\[2H])C/C([2H])=C([2H])\C=C\[C@@H](O)C/C=C\CCC. The zero-order chi connectivity index (χ0) is 39.2. The summed E-state index contributed by atoms with van der Waals surface area (Å²) >= 11 is 0. The second-order valence-electron chi connectivity index (χ2n) is 10.6. The highest BCUT2D eigenvalue weighted by Gasteiger charge is 1.95. The van der Waals surface area contributed by atoms with Crippen molar-refractivity contribution in [2.24, 2.45) is 0 Å². The van der Waals surface area contributed by atoms with Crippen LogP contribution in [0.5, 0.6) is 0 Å². The van der Waals surface area contributed by atoms with E-state index in [4.69, 9.17) is 5.48 Å². The molecule has 0 aromatic heterocycles. The van der Waals surface area contributed by atoms with Crippen LogP contribution in [0.1, 0.15) is 118 Å². The normalized spacial score (nSPS) is 16.7. The first kappa shape index (κ1) is 41.5. The van der Waals surface area contributed by atoms with Crippen molar-refractivity contribution in [3.8, 4) is 23.7 Å². The lowest BCUT2D eigenvalue weighted by atomic mass is 10.2. The Hall–Kier alpha value is -3.64. The van der Waals surface area contributed by atoms with Crippen molar-refractivity contribution in [3.63, 3.8) is 0 Å². The quantitative estimate of drug-likeness (QED) is 0.0523. The van der Waals surface area contributed by atoms with Gasteiger partial charge in [0, 0.05) is 0 Å². The molecule has 0 rings (SSSR count). The van der Waals surface area contributed by atoms with Gasteiger partial charge in [0.1, 0.15) is 0 Å². The molecule has 0 heterocycles. The summed E-state index contributed by atoms with van der Waals surface area (Å²) in [5, 5.41) is 38.9. The van der Waals surface area contributed by atoms with Gasteiger partial charge < -0.3 is 20.4 Å². The van der Waals surface area contributed by atoms with E-state index in [1.54, 1.807) is 24.3 Å². The van der Waals surface area contributed by atoms with Crippen LogP contribution in [0.15, 0.2) is 121 Å². The van der Waals surface area contributed by atoms with Gasteiger partial charge in [0.25, 0.3) is 0 Å². The van der Waals surface area contributed by atoms with Gasteiger partial charge in [0.05, 0.1) is 36.3 Å². The highest BCUT2D eigenvalue weighted by Crippen LogP contribution is 2.01. The molecule has 0 aliphatic rings. The Morgan fingerprint density at radius 1 is 0.531 bits per heavy atom. The third-order valence-electron chi connectivity index (χ3n) is 5.93. The standard InChI is InChI=1S/C22H34O2.C22H30O2.CH4/c2*1-3-5-7-14-18-22(24)20-16-12-10-8-9-11-15-19-21(23)17-13-6-4-2;/h6-7,9-16,19-24H,3-5,8,17-18H2,1-2H3;6-7,13-16,19-24H,3-5,8,17-18H2,1-2H3;1H4/b11-9-,12-10-,13-6-,14-7-,19-15+,20-16+;13-6-,14-7-,19-15+,20-16+;/t2*21-,22-;/m00./s1/i9D,10D,11D,12D;;. The Balaban J connectivity index is -0.000000937. The molecule has 0 spiro atoms. The first-order valence-electron chi connectivity index (χ1n) is 19.3. The monoisotopic (exact) mass is 677 g/mol. The summed E-state index contributed by atoms with van der Waals surface area (Å²) in [5.74, 6) is 11.5. The maximum Gasteiger partial charge on any atom is 0.0764 e. The fourth-order valence-corrected chi connectivity index (χ4v) is 3.32. The molecule has 4 atom stereocenters. The smallest absolute Gasteiger partial charge is 0.0764 e. The molecule has 0 unspecified atom stereocenters. The van der Waals surface area contributed by atoms with Crippen LogP contribution < -0.4 is 0 Å². The van der Waals surface area contributed by atoms with Crippen molar-refractivity contribution >= 4 is 0 Å². The molecule has 0 aromatic carbocycles. The van der Waals surface area contributed by atoms with Gasteiger partial charge in [0.15, 0.2) is 0 Å².